The van der Waals surface area contributed by atoms with Gasteiger partial charge in [0.05, 0.1) is 0 Å². The van der Waals surface area contributed by atoms with Crippen LogP contribution in [0.2, 0.25) is 5.02 Å². The molecule has 1 saturated carbocycles. The molecule has 2 rings (SSSR count). The highest BCUT2D eigenvalue weighted by Crippen LogP contribution is 2.29. The molecule has 0 saturated heterocycles. The number of hydrogen-bond donors (Lipinski definition) is 2. The fourth-order valence-electron chi connectivity index (χ4n) is 2.87. The summed E-state index contributed by atoms with van der Waals surface area (Å²) in [5.74, 6) is -1.28. The Bertz CT molecular complexity index is 610. The summed E-state index contributed by atoms with van der Waals surface area (Å²) < 4.78 is 5.15. The lowest BCUT2D eigenvalue weighted by Gasteiger charge is -2.35. The first kappa shape index (κ1) is 18.3. The number of amides is 2. The molecule has 0 atom stereocenters. The van der Waals surface area contributed by atoms with E-state index in [0.29, 0.717) is 23.6 Å². The molecule has 0 spiro atoms. The Morgan fingerprint density at radius 3 is 2.33 bits per heavy atom. The largest absolute Gasteiger partial charge is 0.454 e. The fourth-order valence-corrected chi connectivity index (χ4v) is 3.00. The van der Waals surface area contributed by atoms with Gasteiger partial charge in [0.25, 0.3) is 5.91 Å². The van der Waals surface area contributed by atoms with Crippen LogP contribution in [0.5, 0.6) is 0 Å². The first-order valence-electron chi connectivity index (χ1n) is 7.93. The normalized spacial score (nSPS) is 16.1. The van der Waals surface area contributed by atoms with E-state index in [2.05, 4.69) is 10.6 Å². The minimum atomic E-state index is -1.01. The number of anilines is 1. The highest BCUT2D eigenvalue weighted by Gasteiger charge is 2.41. The predicted octanol–water partition coefficient (Wildman–Crippen LogP) is 2.66. The summed E-state index contributed by atoms with van der Waals surface area (Å²) in [5.41, 5.74) is -0.445. The summed E-state index contributed by atoms with van der Waals surface area (Å²) in [7, 11) is 0. The minimum absolute atomic E-state index is 0.278. The summed E-state index contributed by atoms with van der Waals surface area (Å²) in [6, 6.07) is 6.61. The number of rotatable bonds is 5. The van der Waals surface area contributed by atoms with Crippen LogP contribution in [-0.2, 0) is 19.1 Å². The second kappa shape index (κ2) is 8.15. The first-order chi connectivity index (χ1) is 11.4. The lowest BCUT2D eigenvalue weighted by Crippen LogP contribution is -2.56. The molecule has 0 unspecified atom stereocenters. The van der Waals surface area contributed by atoms with Crippen molar-refractivity contribution in [3.05, 3.63) is 29.3 Å². The molecule has 0 bridgehead atoms. The molecule has 0 aliphatic heterocycles. The van der Waals surface area contributed by atoms with E-state index >= 15 is 0 Å². The monoisotopic (exact) mass is 352 g/mol. The molecule has 1 aliphatic rings. The quantitative estimate of drug-likeness (QED) is 0.798. The van der Waals surface area contributed by atoms with E-state index in [0.717, 1.165) is 19.3 Å². The highest BCUT2D eigenvalue weighted by molar-refractivity contribution is 6.30. The second-order valence-electron chi connectivity index (χ2n) is 5.96. The van der Waals surface area contributed by atoms with Crippen molar-refractivity contribution in [1.29, 1.82) is 0 Å². The molecule has 0 radical (unpaired) electrons. The Morgan fingerprint density at radius 2 is 1.75 bits per heavy atom. The molecule has 7 heteroatoms. The molecule has 2 amide bonds. The first-order valence-corrected chi connectivity index (χ1v) is 8.30. The maximum Gasteiger partial charge on any atom is 0.332 e. The number of ether oxygens (including phenoxy) is 1. The van der Waals surface area contributed by atoms with Crippen LogP contribution >= 0.6 is 11.6 Å². The van der Waals surface area contributed by atoms with E-state index < -0.39 is 24.0 Å². The van der Waals surface area contributed by atoms with Gasteiger partial charge in [-0.15, -0.1) is 0 Å². The van der Waals surface area contributed by atoms with Crippen LogP contribution < -0.4 is 10.6 Å². The maximum atomic E-state index is 12.4. The van der Waals surface area contributed by atoms with Gasteiger partial charge in [-0.25, -0.2) is 4.79 Å². The van der Waals surface area contributed by atoms with Crippen molar-refractivity contribution in [1.82, 2.24) is 5.32 Å². The van der Waals surface area contributed by atoms with Crippen LogP contribution in [0.3, 0.4) is 0 Å². The van der Waals surface area contributed by atoms with Crippen LogP contribution in [0.15, 0.2) is 24.3 Å². The van der Waals surface area contributed by atoms with Gasteiger partial charge < -0.3 is 15.4 Å². The molecule has 1 aliphatic carbocycles. The summed E-state index contributed by atoms with van der Waals surface area (Å²) in [5, 5.41) is 5.90. The lowest BCUT2D eigenvalue weighted by atomic mass is 9.81. The van der Waals surface area contributed by atoms with E-state index in [-0.39, 0.29) is 5.91 Å². The third kappa shape index (κ3) is 4.96. The second-order valence-corrected chi connectivity index (χ2v) is 6.39. The zero-order valence-corrected chi connectivity index (χ0v) is 14.3. The Morgan fingerprint density at radius 1 is 1.12 bits per heavy atom. The van der Waals surface area contributed by atoms with Crippen LogP contribution in [0.4, 0.5) is 5.69 Å². The molecule has 24 heavy (non-hydrogen) atoms. The van der Waals surface area contributed by atoms with E-state index in [4.69, 9.17) is 16.3 Å². The van der Waals surface area contributed by atoms with Crippen molar-refractivity contribution in [2.75, 3.05) is 11.9 Å². The summed E-state index contributed by atoms with van der Waals surface area (Å²) in [6.45, 7) is 0.972. The van der Waals surface area contributed by atoms with Crippen LogP contribution in [0.1, 0.15) is 39.0 Å². The molecule has 130 valence electrons. The third-order valence-electron chi connectivity index (χ3n) is 3.98. The molecule has 1 fully saturated rings. The third-order valence-corrected chi connectivity index (χ3v) is 4.23. The average Bonchev–Trinajstić information content (AvgIpc) is 2.55. The number of esters is 1. The average molecular weight is 353 g/mol. The smallest absolute Gasteiger partial charge is 0.332 e. The van der Waals surface area contributed by atoms with Gasteiger partial charge >= 0.3 is 5.97 Å². The van der Waals surface area contributed by atoms with Crippen LogP contribution in [-0.4, -0.2) is 29.9 Å². The van der Waals surface area contributed by atoms with E-state index in [9.17, 15) is 14.4 Å². The molecule has 0 aromatic heterocycles. The fraction of sp³-hybridized carbons (Fsp3) is 0.471. The topological polar surface area (TPSA) is 84.5 Å². The van der Waals surface area contributed by atoms with Crippen molar-refractivity contribution >= 4 is 35.1 Å². The van der Waals surface area contributed by atoms with E-state index in [1.54, 1.807) is 24.3 Å². The molecule has 2 N–H and O–H groups in total. The number of benzene rings is 1. The number of nitrogens with one attached hydrogen (secondary N) is 2. The standard InChI is InChI=1S/C17H21ClN2O4/c1-12(21)20-17(9-3-2-4-10-17)16(23)24-11-15(22)19-14-7-5-13(18)6-8-14/h5-8H,2-4,9-11H2,1H3,(H,19,22)(H,20,21). The number of carbonyl (C=O) groups excluding carboxylic acids is 3. The van der Waals surface area contributed by atoms with Crippen molar-refractivity contribution < 1.29 is 19.1 Å². The zero-order chi connectivity index (χ0) is 17.6. The molecular formula is C17H21ClN2O4. The van der Waals surface area contributed by atoms with Crippen molar-refractivity contribution in [2.45, 2.75) is 44.6 Å². The SMILES string of the molecule is CC(=O)NC1(C(=O)OCC(=O)Nc2ccc(Cl)cc2)CCCCC1. The number of halogens is 1. The lowest BCUT2D eigenvalue weighted by molar-refractivity contribution is -0.157. The van der Waals surface area contributed by atoms with Crippen molar-refractivity contribution in [3.8, 4) is 0 Å². The Hall–Kier alpha value is -2.08. The summed E-state index contributed by atoms with van der Waals surface area (Å²) in [6.07, 6.45) is 3.76. The van der Waals surface area contributed by atoms with Gasteiger partial charge in [0.15, 0.2) is 6.61 Å². The molecule has 1 aromatic rings. The summed E-state index contributed by atoms with van der Waals surface area (Å²) in [4.78, 5) is 35.7. The Labute approximate surface area is 145 Å². The predicted molar refractivity (Wildman–Crippen MR) is 90.7 cm³/mol. The van der Waals surface area contributed by atoms with E-state index in [1.165, 1.54) is 6.92 Å². The maximum absolute atomic E-state index is 12.4. The van der Waals surface area contributed by atoms with Crippen LogP contribution in [0, 0.1) is 0 Å². The molecular weight excluding hydrogens is 332 g/mol. The minimum Gasteiger partial charge on any atom is -0.454 e. The molecule has 1 aromatic carbocycles. The van der Waals surface area contributed by atoms with Gasteiger partial charge in [-0.3, -0.25) is 9.59 Å². The number of carbonyl (C=O) groups is 3. The molecule has 6 nitrogen and oxygen atoms in total. The van der Waals surface area contributed by atoms with Gasteiger partial charge in [-0.05, 0) is 37.1 Å². The highest BCUT2D eigenvalue weighted by atomic mass is 35.5. The van der Waals surface area contributed by atoms with Gasteiger partial charge in [-0.2, -0.15) is 0 Å². The van der Waals surface area contributed by atoms with Crippen LogP contribution in [0.25, 0.3) is 0 Å². The zero-order valence-electron chi connectivity index (χ0n) is 13.6. The Balaban J connectivity index is 1.91. The van der Waals surface area contributed by atoms with Gasteiger partial charge in [0.2, 0.25) is 5.91 Å². The van der Waals surface area contributed by atoms with Gasteiger partial charge in [-0.1, -0.05) is 30.9 Å². The summed E-state index contributed by atoms with van der Waals surface area (Å²) >= 11 is 5.78. The van der Waals surface area contributed by atoms with Crippen molar-refractivity contribution in [3.63, 3.8) is 0 Å². The van der Waals surface area contributed by atoms with Crippen molar-refractivity contribution in [2.24, 2.45) is 0 Å². The van der Waals surface area contributed by atoms with Gasteiger partial charge in [0, 0.05) is 17.6 Å². The van der Waals surface area contributed by atoms with Gasteiger partial charge in [0.1, 0.15) is 5.54 Å². The molecule has 0 heterocycles. The van der Waals surface area contributed by atoms with E-state index in [1.807, 2.05) is 0 Å². The number of hydrogen-bond acceptors (Lipinski definition) is 4. The Kier molecular flexibility index (Phi) is 6.20.